The highest BCUT2D eigenvalue weighted by molar-refractivity contribution is 5.90. The minimum absolute atomic E-state index is 0.267. The van der Waals surface area contributed by atoms with Crippen LogP contribution in [0.4, 0.5) is 5.69 Å². The Morgan fingerprint density at radius 2 is 2.06 bits per heavy atom. The number of hydrogen-bond donors (Lipinski definition) is 1. The van der Waals surface area contributed by atoms with Crippen molar-refractivity contribution < 1.29 is 9.53 Å². The summed E-state index contributed by atoms with van der Waals surface area (Å²) in [6.45, 7) is 9.75. The van der Waals surface area contributed by atoms with Gasteiger partial charge in [-0.3, -0.25) is 0 Å². The lowest BCUT2D eigenvalue weighted by Gasteiger charge is -2.18. The summed E-state index contributed by atoms with van der Waals surface area (Å²) in [7, 11) is 0. The fourth-order valence-corrected chi connectivity index (χ4v) is 1.55. The topological polar surface area (TPSA) is 38.3 Å². The van der Waals surface area contributed by atoms with Crippen molar-refractivity contribution in [2.24, 2.45) is 5.41 Å². The minimum Gasteiger partial charge on any atom is -0.462 e. The van der Waals surface area contributed by atoms with Gasteiger partial charge in [-0.2, -0.15) is 0 Å². The monoisotopic (exact) mass is 249 g/mol. The number of carbonyl (C=O) groups excluding carboxylic acids is 1. The zero-order valence-electron chi connectivity index (χ0n) is 11.7. The van der Waals surface area contributed by atoms with Crippen LogP contribution in [0.25, 0.3) is 0 Å². The Kier molecular flexibility index (Phi) is 5.20. The summed E-state index contributed by atoms with van der Waals surface area (Å²) in [5.74, 6) is -0.267. The Bertz CT molecular complexity index is 394. The van der Waals surface area contributed by atoms with Gasteiger partial charge in [0.1, 0.15) is 0 Å². The first-order valence-electron chi connectivity index (χ1n) is 6.43. The van der Waals surface area contributed by atoms with Crippen LogP contribution in [0, 0.1) is 5.41 Å². The molecule has 0 amide bonds. The molecule has 0 saturated carbocycles. The van der Waals surface area contributed by atoms with E-state index in [1.807, 2.05) is 25.1 Å². The first kappa shape index (κ1) is 14.6. The summed E-state index contributed by atoms with van der Waals surface area (Å²) in [6, 6.07) is 7.44. The second-order valence-electron chi connectivity index (χ2n) is 5.54. The molecule has 100 valence electrons. The van der Waals surface area contributed by atoms with Crippen molar-refractivity contribution in [2.45, 2.75) is 34.1 Å². The molecule has 0 aromatic heterocycles. The summed E-state index contributed by atoms with van der Waals surface area (Å²) in [6.07, 6.45) is 1.08. The third-order valence-corrected chi connectivity index (χ3v) is 2.58. The molecular formula is C15H23NO2. The van der Waals surface area contributed by atoms with E-state index in [9.17, 15) is 4.79 Å². The molecule has 0 saturated heterocycles. The van der Waals surface area contributed by atoms with Crippen molar-refractivity contribution >= 4 is 11.7 Å². The summed E-state index contributed by atoms with van der Waals surface area (Å²) < 4.78 is 4.97. The van der Waals surface area contributed by atoms with E-state index in [0.717, 1.165) is 18.7 Å². The van der Waals surface area contributed by atoms with Crippen LogP contribution in [-0.2, 0) is 4.74 Å². The fraction of sp³-hybridized carbons (Fsp3) is 0.533. The van der Waals surface area contributed by atoms with Gasteiger partial charge in [0.15, 0.2) is 0 Å². The SMILES string of the molecule is CCOC(=O)c1cccc(NCCC(C)(C)C)c1. The van der Waals surface area contributed by atoms with Crippen molar-refractivity contribution in [2.75, 3.05) is 18.5 Å². The van der Waals surface area contributed by atoms with E-state index in [2.05, 4.69) is 26.1 Å². The molecule has 1 N–H and O–H groups in total. The molecule has 3 nitrogen and oxygen atoms in total. The first-order valence-corrected chi connectivity index (χ1v) is 6.43. The van der Waals surface area contributed by atoms with E-state index in [-0.39, 0.29) is 5.97 Å². The average molecular weight is 249 g/mol. The molecule has 0 aliphatic heterocycles. The molecule has 1 aromatic carbocycles. The Balaban J connectivity index is 2.57. The Hall–Kier alpha value is -1.51. The number of hydrogen-bond acceptors (Lipinski definition) is 3. The number of ether oxygens (including phenoxy) is 1. The molecule has 0 spiro atoms. The summed E-state index contributed by atoms with van der Waals surface area (Å²) in [5.41, 5.74) is 1.87. The number of nitrogens with one attached hydrogen (secondary N) is 1. The minimum atomic E-state index is -0.267. The molecule has 0 bridgehead atoms. The van der Waals surface area contributed by atoms with Crippen LogP contribution < -0.4 is 5.32 Å². The summed E-state index contributed by atoms with van der Waals surface area (Å²) in [5, 5.41) is 3.33. The van der Waals surface area contributed by atoms with E-state index in [0.29, 0.717) is 17.6 Å². The van der Waals surface area contributed by atoms with Gasteiger partial charge in [-0.05, 0) is 37.0 Å². The van der Waals surface area contributed by atoms with Crippen molar-refractivity contribution in [3.8, 4) is 0 Å². The van der Waals surface area contributed by atoms with Gasteiger partial charge in [0.05, 0.1) is 12.2 Å². The lowest BCUT2D eigenvalue weighted by molar-refractivity contribution is 0.0526. The lowest BCUT2D eigenvalue weighted by Crippen LogP contribution is -2.13. The van der Waals surface area contributed by atoms with Crippen molar-refractivity contribution in [1.29, 1.82) is 0 Å². The normalized spacial score (nSPS) is 11.1. The van der Waals surface area contributed by atoms with Gasteiger partial charge < -0.3 is 10.1 Å². The quantitative estimate of drug-likeness (QED) is 0.808. The third kappa shape index (κ3) is 5.21. The smallest absolute Gasteiger partial charge is 0.338 e. The molecule has 1 aromatic rings. The highest BCUT2D eigenvalue weighted by Gasteiger charge is 2.10. The van der Waals surface area contributed by atoms with E-state index >= 15 is 0 Å². The van der Waals surface area contributed by atoms with Crippen molar-refractivity contribution in [3.05, 3.63) is 29.8 Å². The molecule has 18 heavy (non-hydrogen) atoms. The maximum atomic E-state index is 11.6. The molecule has 0 radical (unpaired) electrons. The number of esters is 1. The van der Waals surface area contributed by atoms with E-state index < -0.39 is 0 Å². The van der Waals surface area contributed by atoms with Gasteiger partial charge in [-0.15, -0.1) is 0 Å². The van der Waals surface area contributed by atoms with Crippen LogP contribution in [0.15, 0.2) is 24.3 Å². The zero-order chi connectivity index (χ0) is 13.6. The van der Waals surface area contributed by atoms with Crippen LogP contribution in [0.2, 0.25) is 0 Å². The van der Waals surface area contributed by atoms with Gasteiger partial charge in [0.25, 0.3) is 0 Å². The second kappa shape index (κ2) is 6.43. The molecule has 0 unspecified atom stereocenters. The fourth-order valence-electron chi connectivity index (χ4n) is 1.55. The Morgan fingerprint density at radius 1 is 1.33 bits per heavy atom. The van der Waals surface area contributed by atoms with Crippen molar-refractivity contribution in [3.63, 3.8) is 0 Å². The van der Waals surface area contributed by atoms with E-state index in [4.69, 9.17) is 4.74 Å². The van der Waals surface area contributed by atoms with Gasteiger partial charge in [-0.25, -0.2) is 4.79 Å². The van der Waals surface area contributed by atoms with Gasteiger partial charge in [-0.1, -0.05) is 26.8 Å². The van der Waals surface area contributed by atoms with Crippen LogP contribution in [0.5, 0.6) is 0 Å². The second-order valence-corrected chi connectivity index (χ2v) is 5.54. The number of carbonyl (C=O) groups is 1. The Labute approximate surface area is 110 Å². The predicted octanol–water partition coefficient (Wildman–Crippen LogP) is 3.71. The molecule has 0 fully saturated rings. The standard InChI is InChI=1S/C15H23NO2/c1-5-18-14(17)12-7-6-8-13(11-12)16-10-9-15(2,3)4/h6-8,11,16H,5,9-10H2,1-4H3. The molecule has 3 heteroatoms. The molecule has 0 heterocycles. The van der Waals surface area contributed by atoms with E-state index in [1.165, 1.54) is 0 Å². The maximum Gasteiger partial charge on any atom is 0.338 e. The third-order valence-electron chi connectivity index (χ3n) is 2.58. The first-order chi connectivity index (χ1) is 8.42. The highest BCUT2D eigenvalue weighted by Crippen LogP contribution is 2.19. The van der Waals surface area contributed by atoms with Gasteiger partial charge in [0.2, 0.25) is 0 Å². The van der Waals surface area contributed by atoms with Crippen LogP contribution in [-0.4, -0.2) is 19.1 Å². The molecule has 0 aliphatic carbocycles. The van der Waals surface area contributed by atoms with Gasteiger partial charge >= 0.3 is 5.97 Å². The highest BCUT2D eigenvalue weighted by atomic mass is 16.5. The largest absolute Gasteiger partial charge is 0.462 e. The number of benzene rings is 1. The zero-order valence-corrected chi connectivity index (χ0v) is 11.7. The van der Waals surface area contributed by atoms with E-state index in [1.54, 1.807) is 6.07 Å². The Morgan fingerprint density at radius 3 is 2.67 bits per heavy atom. The number of rotatable bonds is 5. The molecule has 0 aliphatic rings. The molecule has 0 atom stereocenters. The van der Waals surface area contributed by atoms with Crippen LogP contribution >= 0.6 is 0 Å². The van der Waals surface area contributed by atoms with Crippen LogP contribution in [0.1, 0.15) is 44.5 Å². The maximum absolute atomic E-state index is 11.6. The summed E-state index contributed by atoms with van der Waals surface area (Å²) >= 11 is 0. The average Bonchev–Trinajstić information content (AvgIpc) is 2.28. The summed E-state index contributed by atoms with van der Waals surface area (Å²) in [4.78, 5) is 11.6. The molecular weight excluding hydrogens is 226 g/mol. The number of anilines is 1. The lowest BCUT2D eigenvalue weighted by atomic mass is 9.92. The van der Waals surface area contributed by atoms with Gasteiger partial charge in [0, 0.05) is 12.2 Å². The van der Waals surface area contributed by atoms with Crippen LogP contribution in [0.3, 0.4) is 0 Å². The van der Waals surface area contributed by atoms with Crippen molar-refractivity contribution in [1.82, 2.24) is 0 Å². The predicted molar refractivity (Wildman–Crippen MR) is 75.0 cm³/mol. The molecule has 1 rings (SSSR count).